The Hall–Kier alpha value is -1.98. The van der Waals surface area contributed by atoms with Gasteiger partial charge in [-0.15, -0.1) is 0 Å². The van der Waals surface area contributed by atoms with Gasteiger partial charge in [-0.05, 0) is 37.0 Å². The number of nitrogens with one attached hydrogen (secondary N) is 2. The molecule has 2 fully saturated rings. The van der Waals surface area contributed by atoms with E-state index < -0.39 is 17.9 Å². The van der Waals surface area contributed by atoms with Gasteiger partial charge in [0, 0.05) is 24.4 Å². The van der Waals surface area contributed by atoms with Crippen molar-refractivity contribution < 1.29 is 18.4 Å². The van der Waals surface area contributed by atoms with E-state index in [1.807, 2.05) is 0 Å². The molecule has 0 radical (unpaired) electrons. The number of anilines is 1. The molecule has 1 saturated carbocycles. The zero-order valence-electron chi connectivity index (χ0n) is 12.8. The van der Waals surface area contributed by atoms with Crippen LogP contribution in [0.3, 0.4) is 0 Å². The zero-order valence-corrected chi connectivity index (χ0v) is 12.8. The number of carbonyl (C=O) groups is 2. The number of halogens is 2. The van der Waals surface area contributed by atoms with Gasteiger partial charge in [0.05, 0.1) is 0 Å². The van der Waals surface area contributed by atoms with E-state index >= 15 is 0 Å². The Morgan fingerprint density at radius 2 is 1.83 bits per heavy atom. The van der Waals surface area contributed by atoms with E-state index in [-0.39, 0.29) is 18.2 Å². The zero-order chi connectivity index (χ0) is 16.4. The van der Waals surface area contributed by atoms with Gasteiger partial charge in [0.1, 0.15) is 6.04 Å². The first kappa shape index (κ1) is 15.9. The fourth-order valence-electron chi connectivity index (χ4n) is 3.35. The number of hydrogen-bond donors (Lipinski definition) is 2. The predicted octanol–water partition coefficient (Wildman–Crippen LogP) is 3.20. The number of alkyl halides is 2. The van der Waals surface area contributed by atoms with Gasteiger partial charge in [-0.25, -0.2) is 8.78 Å². The number of piperidine rings is 1. The lowest BCUT2D eigenvalue weighted by atomic mass is 9.81. The first-order chi connectivity index (χ1) is 11.0. The third-order valence-corrected chi connectivity index (χ3v) is 4.66. The highest BCUT2D eigenvalue weighted by molar-refractivity contribution is 6.01. The van der Waals surface area contributed by atoms with E-state index in [2.05, 4.69) is 10.6 Å². The van der Waals surface area contributed by atoms with E-state index in [1.54, 1.807) is 24.3 Å². The summed E-state index contributed by atoms with van der Waals surface area (Å²) in [5.41, 5.74) is 1.34. The number of carbonyl (C=O) groups excluding carboxylic acids is 2. The van der Waals surface area contributed by atoms with E-state index in [1.165, 1.54) is 0 Å². The molecule has 124 valence electrons. The largest absolute Gasteiger partial charge is 0.374 e. The number of imide groups is 1. The van der Waals surface area contributed by atoms with Gasteiger partial charge in [0.2, 0.25) is 11.8 Å². The molecule has 2 aliphatic rings. The number of rotatable bonds is 3. The summed E-state index contributed by atoms with van der Waals surface area (Å²) in [5, 5.41) is 5.33. The van der Waals surface area contributed by atoms with Crippen LogP contribution < -0.4 is 10.6 Å². The first-order valence-electron chi connectivity index (χ1n) is 8.04. The molecule has 2 N–H and O–H groups in total. The Kier molecular flexibility index (Phi) is 4.33. The van der Waals surface area contributed by atoms with Crippen LogP contribution >= 0.6 is 0 Å². The van der Waals surface area contributed by atoms with Crippen LogP contribution in [0.1, 0.15) is 50.0 Å². The maximum Gasteiger partial charge on any atom is 0.254 e. The average Bonchev–Trinajstić information content (AvgIpc) is 2.51. The first-order valence-corrected chi connectivity index (χ1v) is 8.04. The van der Waals surface area contributed by atoms with Crippen molar-refractivity contribution in [1.29, 1.82) is 0 Å². The van der Waals surface area contributed by atoms with Crippen molar-refractivity contribution in [2.45, 2.75) is 56.4 Å². The van der Waals surface area contributed by atoms with Crippen LogP contribution in [0.4, 0.5) is 14.5 Å². The van der Waals surface area contributed by atoms with Crippen LogP contribution in [0.5, 0.6) is 0 Å². The molecule has 1 aliphatic carbocycles. The van der Waals surface area contributed by atoms with Gasteiger partial charge in [-0.2, -0.15) is 0 Å². The van der Waals surface area contributed by atoms with E-state index in [4.69, 9.17) is 0 Å². The summed E-state index contributed by atoms with van der Waals surface area (Å²) in [4.78, 5) is 22.8. The molecular weight excluding hydrogens is 302 g/mol. The van der Waals surface area contributed by atoms with Crippen LogP contribution in [0, 0.1) is 0 Å². The second-order valence-electron chi connectivity index (χ2n) is 6.33. The van der Waals surface area contributed by atoms with Gasteiger partial charge in [-0.3, -0.25) is 14.9 Å². The predicted molar refractivity (Wildman–Crippen MR) is 82.4 cm³/mol. The third kappa shape index (κ3) is 3.51. The van der Waals surface area contributed by atoms with Crippen molar-refractivity contribution in [1.82, 2.24) is 5.32 Å². The number of amides is 2. The van der Waals surface area contributed by atoms with Crippen molar-refractivity contribution >= 4 is 17.5 Å². The molecule has 3 rings (SSSR count). The van der Waals surface area contributed by atoms with Gasteiger partial charge >= 0.3 is 0 Å². The highest BCUT2D eigenvalue weighted by atomic mass is 19.3. The molecule has 2 amide bonds. The van der Waals surface area contributed by atoms with Crippen molar-refractivity contribution in [3.05, 3.63) is 29.8 Å². The SMILES string of the molecule is O=C1CCC(Nc2ccc(C3CCCCC3(F)F)cc2)C(=O)N1. The summed E-state index contributed by atoms with van der Waals surface area (Å²) in [6, 6.07) is 6.40. The summed E-state index contributed by atoms with van der Waals surface area (Å²) in [7, 11) is 0. The molecule has 23 heavy (non-hydrogen) atoms. The minimum absolute atomic E-state index is 0.0477. The molecule has 1 aromatic carbocycles. The Balaban J connectivity index is 1.67. The maximum atomic E-state index is 14.0. The molecule has 4 nitrogen and oxygen atoms in total. The number of hydrogen-bond acceptors (Lipinski definition) is 3. The summed E-state index contributed by atoms with van der Waals surface area (Å²) >= 11 is 0. The molecule has 1 heterocycles. The summed E-state index contributed by atoms with van der Waals surface area (Å²) in [6.45, 7) is 0. The second kappa shape index (κ2) is 6.26. The monoisotopic (exact) mass is 322 g/mol. The molecule has 1 aliphatic heterocycles. The van der Waals surface area contributed by atoms with E-state index in [9.17, 15) is 18.4 Å². The minimum Gasteiger partial charge on any atom is -0.374 e. The fraction of sp³-hybridized carbons (Fsp3) is 0.529. The molecule has 1 saturated heterocycles. The van der Waals surface area contributed by atoms with Gasteiger partial charge < -0.3 is 5.32 Å². The Morgan fingerprint density at radius 3 is 2.48 bits per heavy atom. The fourth-order valence-corrected chi connectivity index (χ4v) is 3.35. The maximum absolute atomic E-state index is 14.0. The summed E-state index contributed by atoms with van der Waals surface area (Å²) in [6.07, 6.45) is 2.61. The molecular formula is C17H20F2N2O2. The molecule has 2 atom stereocenters. The van der Waals surface area contributed by atoms with Crippen LogP contribution in [-0.2, 0) is 9.59 Å². The Bertz CT molecular complexity index is 601. The highest BCUT2D eigenvalue weighted by Gasteiger charge is 2.42. The van der Waals surface area contributed by atoms with Gasteiger partial charge in [-0.1, -0.05) is 18.6 Å². The third-order valence-electron chi connectivity index (χ3n) is 4.66. The highest BCUT2D eigenvalue weighted by Crippen LogP contribution is 2.44. The summed E-state index contributed by atoms with van der Waals surface area (Å²) < 4.78 is 28.0. The Labute approximate surface area is 133 Å². The summed E-state index contributed by atoms with van der Waals surface area (Å²) in [5.74, 6) is -3.97. The molecule has 6 heteroatoms. The van der Waals surface area contributed by atoms with Gasteiger partial charge in [0.25, 0.3) is 5.92 Å². The molecule has 1 aromatic rings. The number of benzene rings is 1. The van der Waals surface area contributed by atoms with Crippen LogP contribution in [0.15, 0.2) is 24.3 Å². The molecule has 2 unspecified atom stereocenters. The Morgan fingerprint density at radius 1 is 1.09 bits per heavy atom. The van der Waals surface area contributed by atoms with Crippen molar-refractivity contribution in [3.8, 4) is 0 Å². The van der Waals surface area contributed by atoms with Crippen molar-refractivity contribution in [2.24, 2.45) is 0 Å². The van der Waals surface area contributed by atoms with Crippen LogP contribution in [-0.4, -0.2) is 23.8 Å². The quantitative estimate of drug-likeness (QED) is 0.840. The lowest BCUT2D eigenvalue weighted by Gasteiger charge is -2.31. The van der Waals surface area contributed by atoms with Crippen molar-refractivity contribution in [3.63, 3.8) is 0 Å². The second-order valence-corrected chi connectivity index (χ2v) is 6.33. The van der Waals surface area contributed by atoms with E-state index in [0.717, 1.165) is 6.42 Å². The van der Waals surface area contributed by atoms with Crippen LogP contribution in [0.25, 0.3) is 0 Å². The molecule has 0 spiro atoms. The normalized spacial score (nSPS) is 27.4. The van der Waals surface area contributed by atoms with Crippen molar-refractivity contribution in [2.75, 3.05) is 5.32 Å². The van der Waals surface area contributed by atoms with Gasteiger partial charge in [0.15, 0.2) is 0 Å². The lowest BCUT2D eigenvalue weighted by molar-refractivity contribution is -0.133. The van der Waals surface area contributed by atoms with Crippen LogP contribution in [0.2, 0.25) is 0 Å². The molecule has 0 bridgehead atoms. The average molecular weight is 322 g/mol. The molecule has 0 aromatic heterocycles. The lowest BCUT2D eigenvalue weighted by Crippen LogP contribution is -2.47. The van der Waals surface area contributed by atoms with E-state index in [0.29, 0.717) is 36.9 Å². The topological polar surface area (TPSA) is 58.2 Å². The smallest absolute Gasteiger partial charge is 0.254 e. The standard InChI is InChI=1S/C17H20F2N2O2/c18-17(19)10-2-1-3-13(17)11-4-6-12(7-5-11)20-14-8-9-15(22)21-16(14)23/h4-7,13-14,20H,1-3,8-10H2,(H,21,22,23). The minimum atomic E-state index is -2.64.